The van der Waals surface area contributed by atoms with Crippen LogP contribution in [0.2, 0.25) is 0 Å². The Labute approximate surface area is 151 Å². The monoisotopic (exact) mass is 345 g/mol. The van der Waals surface area contributed by atoms with Gasteiger partial charge >= 0.3 is 0 Å². The Hall–Kier alpha value is -1.01. The van der Waals surface area contributed by atoms with Crippen LogP contribution in [0.5, 0.6) is 0 Å². The van der Waals surface area contributed by atoms with Crippen LogP contribution in [-0.4, -0.2) is 72.4 Å². The van der Waals surface area contributed by atoms with Crippen LogP contribution in [0.15, 0.2) is 24.5 Å². The number of pyridine rings is 1. The molecule has 0 radical (unpaired) electrons. The number of fused-ring (bicyclic) bond motifs is 1. The second kappa shape index (κ2) is 8.58. The van der Waals surface area contributed by atoms with Crippen LogP contribution in [0.25, 0.3) is 0 Å². The molecule has 0 aliphatic carbocycles. The van der Waals surface area contributed by atoms with Gasteiger partial charge in [0.1, 0.15) is 0 Å². The maximum atomic E-state index is 6.35. The molecule has 0 aromatic carbocycles. The average Bonchev–Trinajstić information content (AvgIpc) is 3.30. The smallest absolute Gasteiger partial charge is 0.0813 e. The first-order valence-corrected chi connectivity index (χ1v) is 9.97. The molecule has 3 fully saturated rings. The molecule has 3 aliphatic rings. The fourth-order valence-corrected chi connectivity index (χ4v) is 4.55. The summed E-state index contributed by atoms with van der Waals surface area (Å²) < 4.78 is 12.3. The summed E-state index contributed by atoms with van der Waals surface area (Å²) in [6.07, 6.45) is 10.7. The molecule has 0 bridgehead atoms. The summed E-state index contributed by atoms with van der Waals surface area (Å²) in [6.45, 7) is 7.32. The van der Waals surface area contributed by atoms with Gasteiger partial charge in [0.05, 0.1) is 25.4 Å². The first-order valence-electron chi connectivity index (χ1n) is 9.97. The minimum absolute atomic E-state index is 0.290. The molecule has 0 amide bonds. The van der Waals surface area contributed by atoms with E-state index in [0.29, 0.717) is 12.1 Å². The molecule has 3 aliphatic heterocycles. The lowest BCUT2D eigenvalue weighted by Crippen LogP contribution is -2.43. The number of likely N-dealkylation sites (tertiary alicyclic amines) is 2. The molecular formula is C20H31N3O2. The number of ether oxygens (including phenoxy) is 2. The first kappa shape index (κ1) is 17.4. The third-order valence-electron chi connectivity index (χ3n) is 5.91. The second-order valence-electron chi connectivity index (χ2n) is 7.69. The molecule has 138 valence electrons. The third kappa shape index (κ3) is 4.59. The van der Waals surface area contributed by atoms with Gasteiger partial charge in [-0.2, -0.15) is 0 Å². The summed E-state index contributed by atoms with van der Waals surface area (Å²) in [6, 6.07) is 4.76. The van der Waals surface area contributed by atoms with Crippen molar-refractivity contribution < 1.29 is 9.47 Å². The number of hydrogen-bond donors (Lipinski definition) is 0. The Bertz CT molecular complexity index is 521. The Morgan fingerprint density at radius 2 is 2.08 bits per heavy atom. The van der Waals surface area contributed by atoms with Crippen molar-refractivity contribution in [2.24, 2.45) is 0 Å². The van der Waals surface area contributed by atoms with Crippen molar-refractivity contribution in [3.8, 4) is 0 Å². The SMILES string of the molecule is c1cncc(CN2CC[C@@H]3O[C@H](COCCN4CCCC4)CC[C@@H]32)c1. The minimum Gasteiger partial charge on any atom is -0.377 e. The van der Waals surface area contributed by atoms with Crippen molar-refractivity contribution in [3.63, 3.8) is 0 Å². The van der Waals surface area contributed by atoms with Crippen LogP contribution in [0.3, 0.4) is 0 Å². The molecule has 1 aromatic heterocycles. The van der Waals surface area contributed by atoms with Crippen LogP contribution in [0.4, 0.5) is 0 Å². The molecule has 5 heteroatoms. The van der Waals surface area contributed by atoms with E-state index in [1.165, 1.54) is 37.9 Å². The Balaban J connectivity index is 1.18. The molecule has 0 spiro atoms. The highest BCUT2D eigenvalue weighted by atomic mass is 16.5. The molecule has 25 heavy (non-hydrogen) atoms. The van der Waals surface area contributed by atoms with Gasteiger partial charge in [0.15, 0.2) is 0 Å². The fourth-order valence-electron chi connectivity index (χ4n) is 4.55. The predicted molar refractivity (Wildman–Crippen MR) is 97.4 cm³/mol. The van der Waals surface area contributed by atoms with Crippen molar-refractivity contribution in [2.75, 3.05) is 39.4 Å². The molecule has 4 heterocycles. The van der Waals surface area contributed by atoms with E-state index >= 15 is 0 Å². The number of rotatable bonds is 7. The molecule has 4 rings (SSSR count). The van der Waals surface area contributed by atoms with Crippen molar-refractivity contribution in [1.82, 2.24) is 14.8 Å². The molecule has 0 N–H and O–H groups in total. The van der Waals surface area contributed by atoms with Gasteiger partial charge in [-0.3, -0.25) is 9.88 Å². The van der Waals surface area contributed by atoms with Crippen LogP contribution in [0, 0.1) is 0 Å². The van der Waals surface area contributed by atoms with Crippen molar-refractivity contribution in [1.29, 1.82) is 0 Å². The van der Waals surface area contributed by atoms with E-state index in [1.54, 1.807) is 0 Å². The largest absolute Gasteiger partial charge is 0.377 e. The predicted octanol–water partition coefficient (Wildman–Crippen LogP) is 2.32. The van der Waals surface area contributed by atoms with E-state index in [9.17, 15) is 0 Å². The summed E-state index contributed by atoms with van der Waals surface area (Å²) >= 11 is 0. The molecule has 0 unspecified atom stereocenters. The molecule has 0 saturated carbocycles. The van der Waals surface area contributed by atoms with Gasteiger partial charge in [0.2, 0.25) is 0 Å². The Morgan fingerprint density at radius 3 is 2.92 bits per heavy atom. The zero-order valence-electron chi connectivity index (χ0n) is 15.2. The zero-order valence-corrected chi connectivity index (χ0v) is 15.2. The van der Waals surface area contributed by atoms with Crippen molar-refractivity contribution >= 4 is 0 Å². The average molecular weight is 345 g/mol. The highest BCUT2D eigenvalue weighted by Crippen LogP contribution is 2.32. The Morgan fingerprint density at radius 1 is 1.16 bits per heavy atom. The maximum absolute atomic E-state index is 6.35. The van der Waals surface area contributed by atoms with Crippen molar-refractivity contribution in [2.45, 2.75) is 56.9 Å². The maximum Gasteiger partial charge on any atom is 0.0813 e. The van der Waals surface area contributed by atoms with E-state index < -0.39 is 0 Å². The van der Waals surface area contributed by atoms with E-state index in [4.69, 9.17) is 9.47 Å². The first-order chi connectivity index (χ1) is 12.4. The van der Waals surface area contributed by atoms with Gasteiger partial charge < -0.3 is 14.4 Å². The van der Waals surface area contributed by atoms with E-state index in [0.717, 1.165) is 45.7 Å². The lowest BCUT2D eigenvalue weighted by molar-refractivity contribution is -0.100. The molecule has 5 nitrogen and oxygen atoms in total. The molecule has 3 saturated heterocycles. The lowest BCUT2D eigenvalue weighted by Gasteiger charge is -2.36. The van der Waals surface area contributed by atoms with E-state index in [-0.39, 0.29) is 6.10 Å². The highest BCUT2D eigenvalue weighted by molar-refractivity contribution is 5.09. The van der Waals surface area contributed by atoms with Crippen LogP contribution >= 0.6 is 0 Å². The lowest BCUT2D eigenvalue weighted by atomic mass is 9.99. The Kier molecular flexibility index (Phi) is 5.98. The number of aromatic nitrogens is 1. The van der Waals surface area contributed by atoms with Crippen LogP contribution in [-0.2, 0) is 16.0 Å². The standard InChI is InChI=1S/C20H31N3O2/c1-2-10-22(9-1)12-13-24-16-18-5-6-19-20(25-18)7-11-23(19)15-17-4-3-8-21-14-17/h3-4,8,14,18-20H,1-2,5-7,9-13,15-16H2/t18-,19-,20-/m0/s1. The molecule has 1 aromatic rings. The van der Waals surface area contributed by atoms with E-state index in [2.05, 4.69) is 20.9 Å². The van der Waals surface area contributed by atoms with Crippen LogP contribution < -0.4 is 0 Å². The normalized spacial score (nSPS) is 30.6. The van der Waals surface area contributed by atoms with Gasteiger partial charge in [-0.25, -0.2) is 0 Å². The van der Waals surface area contributed by atoms with Gasteiger partial charge in [0.25, 0.3) is 0 Å². The van der Waals surface area contributed by atoms with E-state index in [1.807, 2.05) is 18.5 Å². The molecule has 3 atom stereocenters. The summed E-state index contributed by atoms with van der Waals surface area (Å²) in [5, 5.41) is 0. The van der Waals surface area contributed by atoms with Gasteiger partial charge in [0, 0.05) is 38.1 Å². The number of nitrogens with zero attached hydrogens (tertiary/aromatic N) is 3. The zero-order chi connectivity index (χ0) is 16.9. The second-order valence-corrected chi connectivity index (χ2v) is 7.69. The summed E-state index contributed by atoms with van der Waals surface area (Å²) in [5.41, 5.74) is 1.30. The van der Waals surface area contributed by atoms with Gasteiger partial charge in [-0.05, 0) is 56.8 Å². The quantitative estimate of drug-likeness (QED) is 0.709. The summed E-state index contributed by atoms with van der Waals surface area (Å²) in [5.74, 6) is 0. The fraction of sp³-hybridized carbons (Fsp3) is 0.750. The van der Waals surface area contributed by atoms with Gasteiger partial charge in [-0.1, -0.05) is 6.07 Å². The number of hydrogen-bond acceptors (Lipinski definition) is 5. The topological polar surface area (TPSA) is 37.8 Å². The van der Waals surface area contributed by atoms with Crippen molar-refractivity contribution in [3.05, 3.63) is 30.1 Å². The van der Waals surface area contributed by atoms with Gasteiger partial charge in [-0.15, -0.1) is 0 Å². The minimum atomic E-state index is 0.290. The third-order valence-corrected chi connectivity index (χ3v) is 5.91. The molecular weight excluding hydrogens is 314 g/mol. The summed E-state index contributed by atoms with van der Waals surface area (Å²) in [7, 11) is 0. The van der Waals surface area contributed by atoms with Crippen LogP contribution in [0.1, 0.15) is 37.7 Å². The highest BCUT2D eigenvalue weighted by Gasteiger charge is 2.39. The summed E-state index contributed by atoms with van der Waals surface area (Å²) in [4.78, 5) is 9.32.